The lowest BCUT2D eigenvalue weighted by molar-refractivity contribution is -0.542. The predicted octanol–water partition coefficient (Wildman–Crippen LogP) is 3.21. The van der Waals surface area contributed by atoms with Gasteiger partial charge in [-0.05, 0) is 24.3 Å². The first kappa shape index (κ1) is 18.2. The van der Waals surface area contributed by atoms with Crippen LogP contribution in [-0.4, -0.2) is 21.6 Å². The molecule has 4 rings (SSSR count). The quantitative estimate of drug-likeness (QED) is 0.391. The fourth-order valence-electron chi connectivity index (χ4n) is 3.46. The van der Waals surface area contributed by atoms with Gasteiger partial charge in [-0.2, -0.15) is 0 Å². The van der Waals surface area contributed by atoms with E-state index in [1.54, 1.807) is 60.7 Å². The van der Waals surface area contributed by atoms with Crippen molar-refractivity contribution in [3.8, 4) is 0 Å². The van der Waals surface area contributed by atoms with Gasteiger partial charge in [0.2, 0.25) is 5.78 Å². The number of pyridine rings is 1. The van der Waals surface area contributed by atoms with E-state index in [9.17, 15) is 19.7 Å². The van der Waals surface area contributed by atoms with Crippen LogP contribution in [0.15, 0.2) is 91.3 Å². The van der Waals surface area contributed by atoms with Crippen molar-refractivity contribution in [2.45, 2.75) is 5.54 Å². The molecule has 0 spiro atoms. The first-order valence-corrected chi connectivity index (χ1v) is 8.83. The summed E-state index contributed by atoms with van der Waals surface area (Å²) in [5.41, 5.74) is -1.29. The van der Waals surface area contributed by atoms with Crippen molar-refractivity contribution in [1.82, 2.24) is 4.98 Å². The van der Waals surface area contributed by atoms with Gasteiger partial charge in [-0.3, -0.25) is 29.6 Å². The van der Waals surface area contributed by atoms with Crippen molar-refractivity contribution in [2.24, 2.45) is 0 Å². The molecule has 1 atom stereocenters. The van der Waals surface area contributed by atoms with E-state index in [1.165, 1.54) is 35.5 Å². The number of rotatable bonds is 4. The van der Waals surface area contributed by atoms with Crippen molar-refractivity contribution in [1.29, 1.82) is 0 Å². The van der Waals surface area contributed by atoms with Gasteiger partial charge < -0.3 is 0 Å². The summed E-state index contributed by atoms with van der Waals surface area (Å²) < 4.78 is 0. The molecule has 2 aromatic carbocycles. The third kappa shape index (κ3) is 2.80. The smallest absolute Gasteiger partial charge is 0.286 e. The SMILES string of the molecule is O=C1C=C(c2ccncc2)N(c2ccccc2)C(=O)C1(c1ccccc1)[N+](=O)[O-]. The Kier molecular flexibility index (Phi) is 4.48. The number of para-hydroxylation sites is 1. The molecule has 2 heterocycles. The summed E-state index contributed by atoms with van der Waals surface area (Å²) in [6, 6.07) is 19.5. The number of hydrogen-bond donors (Lipinski definition) is 0. The number of ketones is 1. The van der Waals surface area contributed by atoms with Gasteiger partial charge in [0.25, 0.3) is 0 Å². The summed E-state index contributed by atoms with van der Waals surface area (Å²) in [6.45, 7) is 0. The van der Waals surface area contributed by atoms with Crippen LogP contribution in [0.5, 0.6) is 0 Å². The topological polar surface area (TPSA) is 93.4 Å². The molecular weight excluding hydrogens is 370 g/mol. The molecule has 1 aliphatic heterocycles. The highest BCUT2D eigenvalue weighted by Crippen LogP contribution is 2.39. The van der Waals surface area contributed by atoms with E-state index in [4.69, 9.17) is 0 Å². The van der Waals surface area contributed by atoms with Crippen molar-refractivity contribution in [3.05, 3.63) is 113 Å². The molecule has 0 radical (unpaired) electrons. The van der Waals surface area contributed by atoms with Gasteiger partial charge in [0, 0.05) is 40.2 Å². The zero-order chi connectivity index (χ0) is 20.4. The van der Waals surface area contributed by atoms with Crippen LogP contribution in [0, 0.1) is 10.1 Å². The molecule has 0 saturated heterocycles. The lowest BCUT2D eigenvalue weighted by Gasteiger charge is -2.35. The predicted molar refractivity (Wildman–Crippen MR) is 106 cm³/mol. The minimum absolute atomic E-state index is 0.0194. The van der Waals surface area contributed by atoms with Gasteiger partial charge in [0.15, 0.2) is 0 Å². The Morgan fingerprint density at radius 1 is 0.862 bits per heavy atom. The summed E-state index contributed by atoms with van der Waals surface area (Å²) in [4.78, 5) is 43.4. The molecule has 1 aliphatic rings. The number of aromatic nitrogens is 1. The van der Waals surface area contributed by atoms with E-state index < -0.39 is 22.2 Å². The maximum Gasteiger partial charge on any atom is 0.385 e. The van der Waals surface area contributed by atoms with Gasteiger partial charge in [0.05, 0.1) is 5.70 Å². The second kappa shape index (κ2) is 7.12. The van der Waals surface area contributed by atoms with Crippen LogP contribution in [0.1, 0.15) is 11.1 Å². The highest BCUT2D eigenvalue weighted by molar-refractivity contribution is 6.28. The Balaban J connectivity index is 2.01. The van der Waals surface area contributed by atoms with Crippen molar-refractivity contribution < 1.29 is 14.5 Å². The van der Waals surface area contributed by atoms with E-state index in [0.29, 0.717) is 11.3 Å². The van der Waals surface area contributed by atoms with Gasteiger partial charge in [-0.1, -0.05) is 48.5 Å². The third-order valence-electron chi connectivity index (χ3n) is 4.83. The number of benzene rings is 2. The minimum atomic E-state index is -2.55. The van der Waals surface area contributed by atoms with Crippen LogP contribution >= 0.6 is 0 Å². The maximum atomic E-state index is 13.7. The van der Waals surface area contributed by atoms with Gasteiger partial charge in [0.1, 0.15) is 0 Å². The zero-order valence-corrected chi connectivity index (χ0v) is 15.1. The van der Waals surface area contributed by atoms with Gasteiger partial charge in [-0.15, -0.1) is 0 Å². The summed E-state index contributed by atoms with van der Waals surface area (Å²) in [5.74, 6) is -1.82. The van der Waals surface area contributed by atoms with E-state index >= 15 is 0 Å². The minimum Gasteiger partial charge on any atom is -0.286 e. The van der Waals surface area contributed by atoms with Crippen molar-refractivity contribution >= 4 is 23.1 Å². The molecule has 7 heteroatoms. The first-order chi connectivity index (χ1) is 14.1. The zero-order valence-electron chi connectivity index (χ0n) is 15.1. The molecule has 0 bridgehead atoms. The number of nitro groups is 1. The molecule has 0 fully saturated rings. The van der Waals surface area contributed by atoms with Crippen molar-refractivity contribution in [3.63, 3.8) is 0 Å². The Hall–Kier alpha value is -4.13. The molecule has 0 aliphatic carbocycles. The van der Waals surface area contributed by atoms with Crippen molar-refractivity contribution in [2.75, 3.05) is 4.90 Å². The van der Waals surface area contributed by atoms with E-state index in [1.807, 2.05) is 0 Å². The Labute approximate surface area is 166 Å². The fourth-order valence-corrected chi connectivity index (χ4v) is 3.46. The molecule has 1 unspecified atom stereocenters. The second-order valence-corrected chi connectivity index (χ2v) is 6.44. The monoisotopic (exact) mass is 385 g/mol. The lowest BCUT2D eigenvalue weighted by Crippen LogP contribution is -2.58. The molecule has 29 heavy (non-hydrogen) atoms. The highest BCUT2D eigenvalue weighted by atomic mass is 16.6. The first-order valence-electron chi connectivity index (χ1n) is 8.83. The Morgan fingerprint density at radius 3 is 2.03 bits per heavy atom. The van der Waals surface area contributed by atoms with E-state index in [0.717, 1.165) is 0 Å². The molecular formula is C22H15N3O4. The summed E-state index contributed by atoms with van der Waals surface area (Å²) in [6.07, 6.45) is 4.22. The standard InChI is InChI=1S/C22H15N3O4/c26-20-15-19(16-11-13-23-14-12-16)24(18-9-5-2-6-10-18)21(27)22(20,25(28)29)17-7-3-1-4-8-17/h1-15H. The molecule has 0 saturated carbocycles. The summed E-state index contributed by atoms with van der Waals surface area (Å²) >= 11 is 0. The number of amides is 1. The molecule has 1 aromatic heterocycles. The number of carbonyl (C=O) groups is 2. The highest BCUT2D eigenvalue weighted by Gasteiger charge is 2.63. The molecule has 142 valence electrons. The van der Waals surface area contributed by atoms with Crippen LogP contribution in [0.25, 0.3) is 5.70 Å². The maximum absolute atomic E-state index is 13.7. The van der Waals surface area contributed by atoms with Crippen LogP contribution in [0.2, 0.25) is 0 Å². The number of anilines is 1. The van der Waals surface area contributed by atoms with E-state index in [-0.39, 0.29) is 11.3 Å². The average Bonchev–Trinajstić information content (AvgIpc) is 2.75. The summed E-state index contributed by atoms with van der Waals surface area (Å²) in [5, 5.41) is 12.2. The van der Waals surface area contributed by atoms with Crippen LogP contribution in [0.3, 0.4) is 0 Å². The Bertz CT molecular complexity index is 1110. The Morgan fingerprint density at radius 2 is 1.45 bits per heavy atom. The van der Waals surface area contributed by atoms with Crippen LogP contribution in [0.4, 0.5) is 5.69 Å². The van der Waals surface area contributed by atoms with Gasteiger partial charge >= 0.3 is 11.4 Å². The fraction of sp³-hybridized carbons (Fsp3) is 0.0455. The third-order valence-corrected chi connectivity index (χ3v) is 4.83. The molecule has 3 aromatic rings. The second-order valence-electron chi connectivity index (χ2n) is 6.44. The number of nitrogens with zero attached hydrogens (tertiary/aromatic N) is 3. The van der Waals surface area contributed by atoms with E-state index in [2.05, 4.69) is 4.98 Å². The average molecular weight is 385 g/mol. The molecule has 0 N–H and O–H groups in total. The number of carbonyl (C=O) groups excluding carboxylic acids is 2. The van der Waals surface area contributed by atoms with Crippen LogP contribution < -0.4 is 4.90 Å². The normalized spacial score (nSPS) is 19.0. The summed E-state index contributed by atoms with van der Waals surface area (Å²) in [7, 11) is 0. The lowest BCUT2D eigenvalue weighted by atomic mass is 9.81. The number of hydrogen-bond acceptors (Lipinski definition) is 5. The largest absolute Gasteiger partial charge is 0.385 e. The van der Waals surface area contributed by atoms with Gasteiger partial charge in [-0.25, -0.2) is 0 Å². The molecule has 1 amide bonds. The van der Waals surface area contributed by atoms with Crippen LogP contribution in [-0.2, 0) is 15.1 Å². The molecule has 7 nitrogen and oxygen atoms in total.